The molecule has 3 heterocycles. The van der Waals surface area contributed by atoms with Crippen LogP contribution in [0.2, 0.25) is 0 Å². The molecule has 1 saturated heterocycles. The molecule has 1 aliphatic carbocycles. The molecular formula is C17H24N4. The van der Waals surface area contributed by atoms with Crippen LogP contribution < -0.4 is 5.32 Å². The molecule has 1 aliphatic heterocycles. The topological polar surface area (TPSA) is 32.6 Å². The normalized spacial score (nSPS) is 26.3. The number of hydrogen-bond donors (Lipinski definition) is 1. The highest BCUT2D eigenvalue weighted by molar-refractivity contribution is 5.39. The monoisotopic (exact) mass is 284 g/mol. The summed E-state index contributed by atoms with van der Waals surface area (Å²) in [6, 6.07) is 6.86. The third-order valence-corrected chi connectivity index (χ3v) is 4.80. The zero-order chi connectivity index (χ0) is 14.4. The van der Waals surface area contributed by atoms with Crippen LogP contribution in [0.4, 0.5) is 0 Å². The van der Waals surface area contributed by atoms with Crippen LogP contribution in [-0.2, 0) is 6.54 Å². The van der Waals surface area contributed by atoms with Gasteiger partial charge in [-0.3, -0.25) is 4.90 Å². The van der Waals surface area contributed by atoms with E-state index in [1.807, 2.05) is 6.07 Å². The summed E-state index contributed by atoms with van der Waals surface area (Å²) < 4.78 is 2.12. The van der Waals surface area contributed by atoms with Crippen LogP contribution in [0.5, 0.6) is 0 Å². The second kappa shape index (κ2) is 4.82. The minimum Gasteiger partial charge on any atom is -0.309 e. The molecule has 2 aromatic heterocycles. The van der Waals surface area contributed by atoms with E-state index in [1.54, 1.807) is 0 Å². The lowest BCUT2D eigenvalue weighted by Gasteiger charge is -2.44. The van der Waals surface area contributed by atoms with Crippen molar-refractivity contribution < 1.29 is 0 Å². The maximum atomic E-state index is 4.77. The molecule has 0 spiro atoms. The molecular weight excluding hydrogens is 260 g/mol. The Morgan fingerprint density at radius 3 is 2.95 bits per heavy atom. The molecule has 112 valence electrons. The lowest BCUT2D eigenvalue weighted by atomic mass is 9.96. The molecule has 2 aromatic rings. The Labute approximate surface area is 126 Å². The van der Waals surface area contributed by atoms with Crippen LogP contribution in [0.15, 0.2) is 30.6 Å². The molecule has 0 amide bonds. The molecule has 2 aliphatic rings. The zero-order valence-corrected chi connectivity index (χ0v) is 12.9. The first-order valence-electron chi connectivity index (χ1n) is 8.02. The summed E-state index contributed by atoms with van der Waals surface area (Å²) in [4.78, 5) is 7.42. The highest BCUT2D eigenvalue weighted by Gasteiger charge is 2.40. The molecule has 1 atom stereocenters. The van der Waals surface area contributed by atoms with Gasteiger partial charge in [-0.1, -0.05) is 6.07 Å². The summed E-state index contributed by atoms with van der Waals surface area (Å²) in [7, 11) is 0. The summed E-state index contributed by atoms with van der Waals surface area (Å²) in [6.07, 6.45) is 7.04. The van der Waals surface area contributed by atoms with Crippen molar-refractivity contribution in [3.05, 3.63) is 36.3 Å². The number of hydrogen-bond acceptors (Lipinski definition) is 3. The average Bonchev–Trinajstić information content (AvgIpc) is 3.17. The molecule has 4 heteroatoms. The predicted octanol–water partition coefficient (Wildman–Crippen LogP) is 2.30. The first kappa shape index (κ1) is 13.3. The molecule has 4 rings (SSSR count). The van der Waals surface area contributed by atoms with E-state index in [4.69, 9.17) is 4.98 Å². The number of nitrogens with zero attached hydrogens (tertiary/aromatic N) is 3. The maximum Gasteiger partial charge on any atom is 0.137 e. The number of nitrogens with one attached hydrogen (secondary N) is 1. The van der Waals surface area contributed by atoms with Crippen LogP contribution in [0.25, 0.3) is 5.65 Å². The van der Waals surface area contributed by atoms with E-state index in [0.717, 1.165) is 31.2 Å². The lowest BCUT2D eigenvalue weighted by Crippen LogP contribution is -2.61. The molecule has 21 heavy (non-hydrogen) atoms. The third kappa shape index (κ3) is 2.70. The molecule has 1 N–H and O–H groups in total. The van der Waals surface area contributed by atoms with Crippen molar-refractivity contribution in [2.75, 3.05) is 13.1 Å². The van der Waals surface area contributed by atoms with E-state index in [9.17, 15) is 0 Å². The minimum atomic E-state index is 0.199. The summed E-state index contributed by atoms with van der Waals surface area (Å²) >= 11 is 0. The number of piperazine rings is 1. The van der Waals surface area contributed by atoms with Crippen LogP contribution in [0.3, 0.4) is 0 Å². The maximum absolute atomic E-state index is 4.77. The van der Waals surface area contributed by atoms with Crippen molar-refractivity contribution in [3.8, 4) is 0 Å². The van der Waals surface area contributed by atoms with Gasteiger partial charge < -0.3 is 9.72 Å². The van der Waals surface area contributed by atoms with Crippen molar-refractivity contribution in [1.82, 2.24) is 19.6 Å². The van der Waals surface area contributed by atoms with E-state index in [2.05, 4.69) is 53.0 Å². The smallest absolute Gasteiger partial charge is 0.137 e. The lowest BCUT2D eigenvalue weighted by molar-refractivity contribution is 0.0750. The SMILES string of the molecule is CC1(C)CN(Cc2cn3ccccc3n2)C(C2CC2)CN1. The Balaban J connectivity index is 1.57. The summed E-state index contributed by atoms with van der Waals surface area (Å²) in [5, 5.41) is 3.70. The van der Waals surface area contributed by atoms with Gasteiger partial charge in [0.05, 0.1) is 5.69 Å². The van der Waals surface area contributed by atoms with Gasteiger partial charge in [0.25, 0.3) is 0 Å². The number of rotatable bonds is 3. The van der Waals surface area contributed by atoms with Crippen molar-refractivity contribution >= 4 is 5.65 Å². The average molecular weight is 284 g/mol. The van der Waals surface area contributed by atoms with Crippen molar-refractivity contribution in [3.63, 3.8) is 0 Å². The molecule has 0 aromatic carbocycles. The molecule has 1 saturated carbocycles. The second-order valence-corrected chi connectivity index (χ2v) is 7.27. The predicted molar refractivity (Wildman–Crippen MR) is 84.2 cm³/mol. The van der Waals surface area contributed by atoms with Gasteiger partial charge in [0.1, 0.15) is 5.65 Å². The van der Waals surface area contributed by atoms with Crippen molar-refractivity contribution in [2.24, 2.45) is 5.92 Å². The largest absolute Gasteiger partial charge is 0.309 e. The Bertz CT molecular complexity index is 608. The Morgan fingerprint density at radius 2 is 2.19 bits per heavy atom. The number of fused-ring (bicyclic) bond motifs is 1. The van der Waals surface area contributed by atoms with Gasteiger partial charge in [0.15, 0.2) is 0 Å². The van der Waals surface area contributed by atoms with Crippen molar-refractivity contribution in [2.45, 2.75) is 44.8 Å². The Morgan fingerprint density at radius 1 is 1.33 bits per heavy atom. The summed E-state index contributed by atoms with van der Waals surface area (Å²) in [6.45, 7) is 7.78. The standard InChI is InChI=1S/C17H24N4/c1-17(2)12-21(15(9-18-17)13-6-7-13)11-14-10-20-8-4-3-5-16(20)19-14/h3-5,8,10,13,15,18H,6-7,9,11-12H2,1-2H3. The van der Waals surface area contributed by atoms with Gasteiger partial charge in [0, 0.05) is 43.6 Å². The highest BCUT2D eigenvalue weighted by Crippen LogP contribution is 2.37. The number of aromatic nitrogens is 2. The van der Waals surface area contributed by atoms with E-state index in [0.29, 0.717) is 6.04 Å². The van der Waals surface area contributed by atoms with Crippen LogP contribution in [-0.4, -0.2) is 39.0 Å². The fourth-order valence-electron chi connectivity index (χ4n) is 3.58. The number of imidazole rings is 1. The van der Waals surface area contributed by atoms with Gasteiger partial charge in [-0.15, -0.1) is 0 Å². The Hall–Kier alpha value is -1.39. The fourth-order valence-corrected chi connectivity index (χ4v) is 3.58. The number of pyridine rings is 1. The molecule has 2 fully saturated rings. The van der Waals surface area contributed by atoms with Gasteiger partial charge >= 0.3 is 0 Å². The minimum absolute atomic E-state index is 0.199. The van der Waals surface area contributed by atoms with E-state index in [-0.39, 0.29) is 5.54 Å². The summed E-state index contributed by atoms with van der Waals surface area (Å²) in [5.41, 5.74) is 2.43. The second-order valence-electron chi connectivity index (χ2n) is 7.27. The first-order chi connectivity index (χ1) is 10.1. The third-order valence-electron chi connectivity index (χ3n) is 4.80. The van der Waals surface area contributed by atoms with E-state index >= 15 is 0 Å². The zero-order valence-electron chi connectivity index (χ0n) is 12.9. The quantitative estimate of drug-likeness (QED) is 0.938. The Kier molecular flexibility index (Phi) is 3.05. The molecule has 0 radical (unpaired) electrons. The van der Waals surface area contributed by atoms with Gasteiger partial charge in [-0.2, -0.15) is 0 Å². The van der Waals surface area contributed by atoms with E-state index in [1.165, 1.54) is 18.5 Å². The molecule has 4 nitrogen and oxygen atoms in total. The van der Waals surface area contributed by atoms with Gasteiger partial charge in [-0.25, -0.2) is 4.98 Å². The summed E-state index contributed by atoms with van der Waals surface area (Å²) in [5.74, 6) is 0.894. The van der Waals surface area contributed by atoms with Crippen LogP contribution in [0.1, 0.15) is 32.4 Å². The van der Waals surface area contributed by atoms with Gasteiger partial charge in [-0.05, 0) is 44.7 Å². The van der Waals surface area contributed by atoms with Crippen LogP contribution >= 0.6 is 0 Å². The highest BCUT2D eigenvalue weighted by atomic mass is 15.3. The first-order valence-corrected chi connectivity index (χ1v) is 8.02. The molecule has 0 bridgehead atoms. The van der Waals surface area contributed by atoms with Crippen molar-refractivity contribution in [1.29, 1.82) is 0 Å². The van der Waals surface area contributed by atoms with E-state index < -0.39 is 0 Å². The fraction of sp³-hybridized carbons (Fsp3) is 0.588. The van der Waals surface area contributed by atoms with Gasteiger partial charge in [0.2, 0.25) is 0 Å². The van der Waals surface area contributed by atoms with Crippen LogP contribution in [0, 0.1) is 5.92 Å². The molecule has 1 unspecified atom stereocenters.